The van der Waals surface area contributed by atoms with Gasteiger partial charge in [0.1, 0.15) is 0 Å². The van der Waals surface area contributed by atoms with Crippen molar-refractivity contribution in [2.24, 2.45) is 5.92 Å². The second kappa shape index (κ2) is 8.84. The van der Waals surface area contributed by atoms with Crippen molar-refractivity contribution in [3.05, 3.63) is 34.9 Å². The van der Waals surface area contributed by atoms with Gasteiger partial charge < -0.3 is 9.47 Å². The molecule has 0 saturated carbocycles. The molecule has 140 valence electrons. The summed E-state index contributed by atoms with van der Waals surface area (Å²) in [5.41, 5.74) is 4.24. The maximum absolute atomic E-state index is 11.1. The van der Waals surface area contributed by atoms with Crippen molar-refractivity contribution in [3.8, 4) is 0 Å². The zero-order chi connectivity index (χ0) is 18.4. The Balaban J connectivity index is 2.11. The fourth-order valence-corrected chi connectivity index (χ4v) is 3.45. The Labute approximate surface area is 153 Å². The average molecular weight is 347 g/mol. The van der Waals surface area contributed by atoms with Gasteiger partial charge in [0.2, 0.25) is 0 Å². The van der Waals surface area contributed by atoms with E-state index in [0.29, 0.717) is 12.7 Å². The number of hydrogen-bond acceptors (Lipinski definition) is 3. The van der Waals surface area contributed by atoms with Crippen LogP contribution in [0, 0.1) is 5.92 Å². The third kappa shape index (κ3) is 6.47. The predicted octanol–water partition coefficient (Wildman–Crippen LogP) is 5.52. The number of hydrogen-bond donors (Lipinski definition) is 0. The van der Waals surface area contributed by atoms with E-state index in [1.54, 1.807) is 0 Å². The largest absolute Gasteiger partial charge is 0.465 e. The maximum atomic E-state index is 11.1. The van der Waals surface area contributed by atoms with Crippen LogP contribution >= 0.6 is 0 Å². The molecule has 0 bridgehead atoms. The standard InChI is InChI=1S/C22H34O3/c1-16-7-6-8-17(2)10-12-21-22(5,25-21)14-13-20(11-9-16)18(3)15-24-19(4)23/h8-9,11,18,21H,6-7,10,12-15H2,1-5H3. The van der Waals surface area contributed by atoms with E-state index in [2.05, 4.69) is 45.9 Å². The first-order valence-corrected chi connectivity index (χ1v) is 9.63. The lowest BCUT2D eigenvalue weighted by Gasteiger charge is -2.17. The first-order valence-electron chi connectivity index (χ1n) is 9.63. The average Bonchev–Trinajstić information content (AvgIpc) is 3.20. The molecule has 0 N–H and O–H groups in total. The van der Waals surface area contributed by atoms with Gasteiger partial charge in [0, 0.05) is 12.8 Å². The molecule has 0 radical (unpaired) electrons. The SMILES string of the molecule is CC(=O)OCC(C)C1=CC=C(C)CCC=C(C)CCC2OC2(C)CC1. The molecule has 0 aromatic carbocycles. The van der Waals surface area contributed by atoms with Gasteiger partial charge in [-0.2, -0.15) is 0 Å². The molecule has 3 heteroatoms. The van der Waals surface area contributed by atoms with E-state index in [1.807, 2.05) is 0 Å². The van der Waals surface area contributed by atoms with Crippen molar-refractivity contribution in [2.75, 3.05) is 6.61 Å². The minimum atomic E-state index is -0.209. The Hall–Kier alpha value is -1.35. The molecule has 0 aromatic rings. The molecule has 1 aliphatic carbocycles. The number of carbonyl (C=O) groups is 1. The lowest BCUT2D eigenvalue weighted by Crippen LogP contribution is -2.15. The molecule has 2 rings (SSSR count). The topological polar surface area (TPSA) is 38.8 Å². The minimum absolute atomic E-state index is 0.0173. The van der Waals surface area contributed by atoms with Gasteiger partial charge in [-0.05, 0) is 59.3 Å². The fourth-order valence-electron chi connectivity index (χ4n) is 3.45. The molecule has 1 heterocycles. The third-order valence-corrected chi connectivity index (χ3v) is 5.53. The van der Waals surface area contributed by atoms with Crippen molar-refractivity contribution in [2.45, 2.75) is 84.8 Å². The zero-order valence-corrected chi connectivity index (χ0v) is 16.6. The van der Waals surface area contributed by atoms with Crippen molar-refractivity contribution in [1.82, 2.24) is 0 Å². The molecule has 0 amide bonds. The smallest absolute Gasteiger partial charge is 0.302 e. The predicted molar refractivity (Wildman–Crippen MR) is 102 cm³/mol. The van der Waals surface area contributed by atoms with Crippen LogP contribution in [-0.2, 0) is 14.3 Å². The summed E-state index contributed by atoms with van der Waals surface area (Å²) in [6.07, 6.45) is 13.7. The summed E-state index contributed by atoms with van der Waals surface area (Å²) < 4.78 is 11.2. The third-order valence-electron chi connectivity index (χ3n) is 5.53. The summed E-state index contributed by atoms with van der Waals surface area (Å²) in [7, 11) is 0. The second-order valence-electron chi connectivity index (χ2n) is 8.01. The molecule has 3 unspecified atom stereocenters. The van der Waals surface area contributed by atoms with Crippen LogP contribution in [0.5, 0.6) is 0 Å². The van der Waals surface area contributed by atoms with Gasteiger partial charge >= 0.3 is 5.97 Å². The minimum Gasteiger partial charge on any atom is -0.465 e. The van der Waals surface area contributed by atoms with Crippen LogP contribution in [0.4, 0.5) is 0 Å². The summed E-state index contributed by atoms with van der Waals surface area (Å²) in [5.74, 6) is 0.0311. The van der Waals surface area contributed by atoms with Gasteiger partial charge in [0.15, 0.2) is 0 Å². The highest BCUT2D eigenvalue weighted by Crippen LogP contribution is 2.44. The summed E-state index contributed by atoms with van der Waals surface area (Å²) in [5, 5.41) is 0. The molecule has 3 nitrogen and oxygen atoms in total. The number of carbonyl (C=O) groups excluding carboxylic acids is 1. The maximum Gasteiger partial charge on any atom is 0.302 e. The van der Waals surface area contributed by atoms with Gasteiger partial charge in [-0.25, -0.2) is 0 Å². The number of fused-ring (bicyclic) bond motifs is 1. The van der Waals surface area contributed by atoms with Gasteiger partial charge in [-0.1, -0.05) is 41.9 Å². The Morgan fingerprint density at radius 2 is 2.04 bits per heavy atom. The van der Waals surface area contributed by atoms with Crippen molar-refractivity contribution >= 4 is 5.97 Å². The van der Waals surface area contributed by atoms with Gasteiger partial charge in [-0.15, -0.1) is 0 Å². The van der Waals surface area contributed by atoms with E-state index in [4.69, 9.17) is 9.47 Å². The van der Waals surface area contributed by atoms with Gasteiger partial charge in [0.25, 0.3) is 0 Å². The van der Waals surface area contributed by atoms with E-state index < -0.39 is 0 Å². The number of rotatable bonds is 3. The Morgan fingerprint density at radius 3 is 2.76 bits per heavy atom. The van der Waals surface area contributed by atoms with E-state index in [0.717, 1.165) is 38.5 Å². The van der Waals surface area contributed by atoms with E-state index in [1.165, 1.54) is 23.6 Å². The number of epoxide rings is 1. The quantitative estimate of drug-likeness (QED) is 0.384. The first-order chi connectivity index (χ1) is 11.8. The summed E-state index contributed by atoms with van der Waals surface area (Å²) >= 11 is 0. The summed E-state index contributed by atoms with van der Waals surface area (Å²) in [6, 6.07) is 0. The van der Waals surface area contributed by atoms with Crippen molar-refractivity contribution in [1.29, 1.82) is 0 Å². The van der Waals surface area contributed by atoms with E-state index in [9.17, 15) is 4.79 Å². The highest BCUT2D eigenvalue weighted by molar-refractivity contribution is 5.65. The second-order valence-corrected chi connectivity index (χ2v) is 8.01. The number of allylic oxidation sites excluding steroid dienone is 5. The monoisotopic (exact) mass is 346 g/mol. The molecular weight excluding hydrogens is 312 g/mol. The van der Waals surface area contributed by atoms with Crippen molar-refractivity contribution < 1.29 is 14.3 Å². The summed E-state index contributed by atoms with van der Waals surface area (Å²) in [6.45, 7) is 10.7. The molecule has 2 aliphatic rings. The molecular formula is C22H34O3. The van der Waals surface area contributed by atoms with E-state index in [-0.39, 0.29) is 17.5 Å². The van der Waals surface area contributed by atoms with Crippen LogP contribution < -0.4 is 0 Å². The van der Waals surface area contributed by atoms with E-state index >= 15 is 0 Å². The molecule has 25 heavy (non-hydrogen) atoms. The highest BCUT2D eigenvalue weighted by Gasteiger charge is 2.50. The Bertz CT molecular complexity index is 570. The molecule has 0 spiro atoms. The molecule has 1 fully saturated rings. The molecule has 1 saturated heterocycles. The number of esters is 1. The lowest BCUT2D eigenvalue weighted by molar-refractivity contribution is -0.141. The van der Waals surface area contributed by atoms with Crippen LogP contribution in [0.3, 0.4) is 0 Å². The molecule has 0 aromatic heterocycles. The summed E-state index contributed by atoms with van der Waals surface area (Å²) in [4.78, 5) is 11.1. The first kappa shape index (κ1) is 20.0. The zero-order valence-electron chi connectivity index (χ0n) is 16.6. The number of ether oxygens (including phenoxy) is 2. The highest BCUT2D eigenvalue weighted by atomic mass is 16.6. The molecule has 3 atom stereocenters. The van der Waals surface area contributed by atoms with Gasteiger partial charge in [0.05, 0.1) is 18.3 Å². The Kier molecular flexibility index (Phi) is 7.06. The fraction of sp³-hybridized carbons (Fsp3) is 0.682. The Morgan fingerprint density at radius 1 is 1.28 bits per heavy atom. The molecule has 1 aliphatic heterocycles. The lowest BCUT2D eigenvalue weighted by atomic mass is 9.89. The van der Waals surface area contributed by atoms with Crippen LogP contribution in [0.25, 0.3) is 0 Å². The van der Waals surface area contributed by atoms with Crippen LogP contribution in [0.2, 0.25) is 0 Å². The van der Waals surface area contributed by atoms with Crippen LogP contribution in [0.1, 0.15) is 73.1 Å². The van der Waals surface area contributed by atoms with Crippen molar-refractivity contribution in [3.63, 3.8) is 0 Å². The normalized spacial score (nSPS) is 29.3. The van der Waals surface area contributed by atoms with Gasteiger partial charge in [-0.3, -0.25) is 4.79 Å². The van der Waals surface area contributed by atoms with Crippen LogP contribution in [0.15, 0.2) is 34.9 Å². The van der Waals surface area contributed by atoms with Crippen LogP contribution in [-0.4, -0.2) is 24.3 Å².